The third kappa shape index (κ3) is 72.2. The molecule has 0 spiro atoms. The third-order valence-corrected chi connectivity index (χ3v) is 20.0. The Bertz CT molecular complexity index is 1900. The maximum Gasteiger partial charge on any atom is 0.472 e. The number of hydrogen-bond acceptors (Lipinski definition) is 15. The maximum atomic E-state index is 13.1. The van der Waals surface area contributed by atoms with E-state index in [1.54, 1.807) is 0 Å². The highest BCUT2D eigenvalue weighted by Crippen LogP contribution is 2.45. The molecule has 0 radical (unpaired) electrons. The van der Waals surface area contributed by atoms with Crippen molar-refractivity contribution in [2.75, 3.05) is 39.6 Å². The van der Waals surface area contributed by atoms with E-state index >= 15 is 0 Å². The van der Waals surface area contributed by atoms with Crippen LogP contribution in [0, 0.1) is 23.7 Å². The van der Waals surface area contributed by atoms with E-state index in [2.05, 4.69) is 55.4 Å². The monoisotopic (exact) mass is 1420 g/mol. The van der Waals surface area contributed by atoms with Gasteiger partial charge in [-0.1, -0.05) is 344 Å². The molecular weight excluding hydrogens is 1270 g/mol. The number of hydrogen-bond donors (Lipinski definition) is 3. The van der Waals surface area contributed by atoms with Gasteiger partial charge in [-0.2, -0.15) is 0 Å². The van der Waals surface area contributed by atoms with Crippen LogP contribution in [0.25, 0.3) is 0 Å². The summed E-state index contributed by atoms with van der Waals surface area (Å²) in [5.74, 6) is 0.870. The van der Waals surface area contributed by atoms with E-state index in [1.807, 2.05) is 0 Å². The zero-order chi connectivity index (χ0) is 71.7. The van der Waals surface area contributed by atoms with Gasteiger partial charge >= 0.3 is 39.5 Å². The lowest BCUT2D eigenvalue weighted by Gasteiger charge is -2.21. The molecule has 0 fully saturated rings. The second kappa shape index (κ2) is 67.2. The summed E-state index contributed by atoms with van der Waals surface area (Å²) < 4.78 is 68.5. The van der Waals surface area contributed by atoms with Crippen molar-refractivity contribution >= 4 is 39.5 Å². The summed E-state index contributed by atoms with van der Waals surface area (Å²) in [6.45, 7) is 14.1. The highest BCUT2D eigenvalue weighted by atomic mass is 31.2. The molecule has 0 aliphatic heterocycles. The summed E-state index contributed by atoms with van der Waals surface area (Å²) in [6.07, 6.45) is 53.2. The number of aliphatic hydroxyl groups is 1. The normalized spacial score (nSPS) is 14.1. The largest absolute Gasteiger partial charge is 0.472 e. The van der Waals surface area contributed by atoms with Crippen LogP contribution < -0.4 is 0 Å². The second-order valence-electron chi connectivity index (χ2n) is 30.0. The van der Waals surface area contributed by atoms with Crippen molar-refractivity contribution in [1.82, 2.24) is 0 Å². The van der Waals surface area contributed by atoms with E-state index < -0.39 is 97.5 Å². The number of ether oxygens (including phenoxy) is 4. The Morgan fingerprint density at radius 1 is 0.258 bits per heavy atom. The maximum absolute atomic E-state index is 13.1. The van der Waals surface area contributed by atoms with Gasteiger partial charge in [0.15, 0.2) is 12.2 Å². The molecule has 97 heavy (non-hydrogen) atoms. The van der Waals surface area contributed by atoms with E-state index in [4.69, 9.17) is 37.0 Å². The molecule has 0 aromatic heterocycles. The van der Waals surface area contributed by atoms with Crippen molar-refractivity contribution in [3.8, 4) is 0 Å². The lowest BCUT2D eigenvalue weighted by Crippen LogP contribution is -2.30. The second-order valence-corrected chi connectivity index (χ2v) is 32.9. The molecule has 576 valence electrons. The average molecular weight is 1420 g/mol. The van der Waals surface area contributed by atoms with E-state index in [-0.39, 0.29) is 25.7 Å². The van der Waals surface area contributed by atoms with Crippen LogP contribution in [0.1, 0.15) is 396 Å². The van der Waals surface area contributed by atoms with Crippen LogP contribution in [0.3, 0.4) is 0 Å². The molecule has 5 atom stereocenters. The highest BCUT2D eigenvalue weighted by molar-refractivity contribution is 7.47. The van der Waals surface area contributed by atoms with Crippen molar-refractivity contribution in [1.29, 1.82) is 0 Å². The molecule has 0 aromatic carbocycles. The van der Waals surface area contributed by atoms with Crippen LogP contribution in [0.4, 0.5) is 0 Å². The van der Waals surface area contributed by atoms with Gasteiger partial charge in [-0.15, -0.1) is 0 Å². The van der Waals surface area contributed by atoms with Gasteiger partial charge < -0.3 is 33.8 Å². The molecule has 0 aliphatic rings. The molecule has 3 N–H and O–H groups in total. The van der Waals surface area contributed by atoms with Crippen LogP contribution in [-0.2, 0) is 65.4 Å². The van der Waals surface area contributed by atoms with E-state index in [1.165, 1.54) is 193 Å². The van der Waals surface area contributed by atoms with Gasteiger partial charge in [0.05, 0.1) is 26.4 Å². The molecular formula is C78H152O17P2. The lowest BCUT2D eigenvalue weighted by atomic mass is 10.0. The fourth-order valence-electron chi connectivity index (χ4n) is 11.9. The molecule has 0 rings (SSSR count). The molecule has 0 heterocycles. The number of esters is 4. The molecule has 0 amide bonds. The number of unbranched alkanes of at least 4 members (excludes halogenated alkanes) is 41. The minimum absolute atomic E-state index is 0.102. The topological polar surface area (TPSA) is 237 Å². The first-order valence-electron chi connectivity index (χ1n) is 40.2. The lowest BCUT2D eigenvalue weighted by molar-refractivity contribution is -0.161. The first-order valence-corrected chi connectivity index (χ1v) is 43.2. The smallest absolute Gasteiger partial charge is 0.462 e. The fourth-order valence-corrected chi connectivity index (χ4v) is 13.5. The van der Waals surface area contributed by atoms with Crippen LogP contribution in [-0.4, -0.2) is 96.7 Å². The van der Waals surface area contributed by atoms with Gasteiger partial charge in [-0.3, -0.25) is 37.3 Å². The number of rotatable bonds is 75. The summed E-state index contributed by atoms with van der Waals surface area (Å²) in [7, 11) is -9.91. The number of phosphoric ester groups is 2. The van der Waals surface area contributed by atoms with Crippen LogP contribution in [0.15, 0.2) is 0 Å². The molecule has 0 aliphatic carbocycles. The van der Waals surface area contributed by atoms with Crippen molar-refractivity contribution in [3.63, 3.8) is 0 Å². The Kier molecular flexibility index (Phi) is 65.9. The fraction of sp³-hybridized carbons (Fsp3) is 0.949. The number of carbonyl (C=O) groups is 4. The number of aliphatic hydroxyl groups excluding tert-OH is 1. The first kappa shape index (κ1) is 95.1. The Balaban J connectivity index is 5.18. The van der Waals surface area contributed by atoms with Gasteiger partial charge in [-0.05, 0) is 49.4 Å². The van der Waals surface area contributed by atoms with Crippen LogP contribution >= 0.6 is 15.6 Å². The van der Waals surface area contributed by atoms with Crippen molar-refractivity contribution in [2.45, 2.75) is 414 Å². The van der Waals surface area contributed by atoms with Gasteiger partial charge in [0.2, 0.25) is 0 Å². The number of phosphoric acid groups is 2. The molecule has 0 saturated carbocycles. The van der Waals surface area contributed by atoms with Gasteiger partial charge in [0.25, 0.3) is 0 Å². The Morgan fingerprint density at radius 3 is 0.639 bits per heavy atom. The third-order valence-electron chi connectivity index (χ3n) is 18.1. The summed E-state index contributed by atoms with van der Waals surface area (Å²) in [6, 6.07) is 0. The predicted molar refractivity (Wildman–Crippen MR) is 395 cm³/mol. The SMILES string of the molecule is CC(C)CCCCCCCCCCCCCCCCCCCCC(=O)OC[C@H](COP(=O)(O)OC[C@@H](O)COP(=O)(O)OC[C@@H](COC(=O)CCCCCCCCC(C)C)OC(=O)CCCCCCCCCC(C)C)OC(=O)CCCCCCCCCCCCCCCCC(C)C. The van der Waals surface area contributed by atoms with Crippen LogP contribution in [0.2, 0.25) is 0 Å². The summed E-state index contributed by atoms with van der Waals surface area (Å²) in [4.78, 5) is 72.8. The van der Waals surface area contributed by atoms with E-state index in [0.29, 0.717) is 37.5 Å². The zero-order valence-corrected chi connectivity index (χ0v) is 65.5. The van der Waals surface area contributed by atoms with Crippen molar-refractivity contribution in [2.24, 2.45) is 23.7 Å². The molecule has 19 heteroatoms. The predicted octanol–water partition coefficient (Wildman–Crippen LogP) is 22.8. The Hall–Kier alpha value is -1.94. The zero-order valence-electron chi connectivity index (χ0n) is 63.7. The Labute approximate surface area is 594 Å². The number of carbonyl (C=O) groups excluding carboxylic acids is 4. The minimum Gasteiger partial charge on any atom is -0.462 e. The summed E-state index contributed by atoms with van der Waals surface area (Å²) in [5.41, 5.74) is 0. The molecule has 0 aromatic rings. The summed E-state index contributed by atoms with van der Waals surface area (Å²) >= 11 is 0. The standard InChI is InChI=1S/C78H152O17P2/c1-68(2)54-46-38-30-25-21-17-13-11-9-10-12-14-19-23-27-33-42-50-58-75(80)88-64-73(94-77(82)60-52-44-34-28-24-20-16-15-18-22-26-31-39-47-55-69(3)4)66-92-96(84,85)90-62-72(79)63-91-97(86,87)93-67-74(65-89-76(81)59-51-43-37-36-41-49-57-71(7)8)95-78(83)61-53-45-35-29-32-40-48-56-70(5)6/h68-74,79H,9-67H2,1-8H3,(H,84,85)(H,86,87)/t72-,73-,74-/m1/s1. The Morgan fingerprint density at radius 2 is 0.433 bits per heavy atom. The van der Waals surface area contributed by atoms with Gasteiger partial charge in [0.1, 0.15) is 19.3 Å². The van der Waals surface area contributed by atoms with E-state index in [0.717, 1.165) is 108 Å². The van der Waals surface area contributed by atoms with Crippen LogP contribution in [0.5, 0.6) is 0 Å². The van der Waals surface area contributed by atoms with Gasteiger partial charge in [0, 0.05) is 25.7 Å². The van der Waals surface area contributed by atoms with Crippen molar-refractivity contribution < 1.29 is 80.2 Å². The quantitative estimate of drug-likeness (QED) is 0.0222. The average Bonchev–Trinajstić information content (AvgIpc) is 1.07. The van der Waals surface area contributed by atoms with Crippen molar-refractivity contribution in [3.05, 3.63) is 0 Å². The van der Waals surface area contributed by atoms with Gasteiger partial charge in [-0.25, -0.2) is 9.13 Å². The molecule has 0 bridgehead atoms. The minimum atomic E-state index is -4.96. The molecule has 2 unspecified atom stereocenters. The molecule has 17 nitrogen and oxygen atoms in total. The van der Waals surface area contributed by atoms with E-state index in [9.17, 15) is 43.2 Å². The summed E-state index contributed by atoms with van der Waals surface area (Å²) in [5, 5.41) is 10.6. The molecule has 0 saturated heterocycles. The first-order chi connectivity index (χ1) is 46.6. The highest BCUT2D eigenvalue weighted by Gasteiger charge is 2.30.